The number of hydrogen-bond acceptors (Lipinski definition) is 5. The molecule has 2 atom stereocenters. The van der Waals surface area contributed by atoms with E-state index >= 15 is 0 Å². The topological polar surface area (TPSA) is 75.9 Å². The fraction of sp³-hybridized carbons (Fsp3) is 0.588. The number of fused-ring (bicyclic) bond motifs is 2. The zero-order valence-electron chi connectivity index (χ0n) is 13.5. The van der Waals surface area contributed by atoms with Gasteiger partial charge in [-0.15, -0.1) is 0 Å². The van der Waals surface area contributed by atoms with E-state index in [1.165, 1.54) is 6.07 Å². The molecule has 1 aromatic carbocycles. The Morgan fingerprint density at radius 3 is 2.46 bits per heavy atom. The second-order valence-electron chi connectivity index (χ2n) is 6.82. The molecule has 7 heteroatoms. The summed E-state index contributed by atoms with van der Waals surface area (Å²) in [6.45, 7) is 2.93. The molecule has 0 radical (unpaired) electrons. The van der Waals surface area contributed by atoms with Crippen LogP contribution < -0.4 is 4.90 Å². The van der Waals surface area contributed by atoms with Gasteiger partial charge in [0.15, 0.2) is 0 Å². The molecule has 3 heterocycles. The predicted octanol–water partition coefficient (Wildman–Crippen LogP) is 2.20. The van der Waals surface area contributed by atoms with Crippen molar-refractivity contribution in [3.8, 4) is 0 Å². The van der Waals surface area contributed by atoms with Crippen LogP contribution in [0.25, 0.3) is 0 Å². The molecule has 24 heavy (non-hydrogen) atoms. The zero-order chi connectivity index (χ0) is 16.7. The predicted molar refractivity (Wildman–Crippen MR) is 88.3 cm³/mol. The molecule has 7 nitrogen and oxygen atoms in total. The number of nitro benzene ring substituents is 1. The van der Waals surface area contributed by atoms with Gasteiger partial charge in [0.25, 0.3) is 11.6 Å². The number of rotatable bonds is 3. The minimum Gasteiger partial charge on any atom is -0.371 e. The first-order valence-electron chi connectivity index (χ1n) is 8.60. The number of morpholine rings is 1. The molecule has 1 aromatic rings. The summed E-state index contributed by atoms with van der Waals surface area (Å²) in [6, 6.07) is 4.92. The summed E-state index contributed by atoms with van der Waals surface area (Å²) >= 11 is 0. The fourth-order valence-electron chi connectivity index (χ4n) is 3.97. The first-order valence-corrected chi connectivity index (χ1v) is 8.60. The quantitative estimate of drug-likeness (QED) is 0.627. The van der Waals surface area contributed by atoms with Crippen LogP contribution in [0.5, 0.6) is 0 Å². The van der Waals surface area contributed by atoms with Gasteiger partial charge in [-0.05, 0) is 37.8 Å². The van der Waals surface area contributed by atoms with Gasteiger partial charge in [-0.2, -0.15) is 0 Å². The number of amides is 1. The number of nitro groups is 1. The highest BCUT2D eigenvalue weighted by Gasteiger charge is 2.35. The Balaban J connectivity index is 1.65. The Bertz CT molecular complexity index is 660. The van der Waals surface area contributed by atoms with Gasteiger partial charge in [-0.3, -0.25) is 14.9 Å². The minimum atomic E-state index is -0.462. The maximum Gasteiger partial charge on any atom is 0.282 e. The molecule has 4 rings (SSSR count). The number of anilines is 1. The van der Waals surface area contributed by atoms with Crippen molar-refractivity contribution in [3.05, 3.63) is 33.9 Å². The molecule has 2 unspecified atom stereocenters. The van der Waals surface area contributed by atoms with E-state index in [1.807, 2.05) is 0 Å². The number of likely N-dealkylation sites (tertiary alicyclic amines) is 1. The Labute approximate surface area is 140 Å². The molecule has 0 spiro atoms. The second-order valence-corrected chi connectivity index (χ2v) is 6.82. The van der Waals surface area contributed by atoms with Crippen LogP contribution in [-0.4, -0.2) is 54.1 Å². The van der Waals surface area contributed by atoms with Crippen LogP contribution in [0.1, 0.15) is 36.0 Å². The third-order valence-corrected chi connectivity index (χ3v) is 5.21. The Hall–Kier alpha value is -2.15. The third-order valence-electron chi connectivity index (χ3n) is 5.21. The van der Waals surface area contributed by atoms with Crippen LogP contribution in [0.3, 0.4) is 0 Å². The molecular formula is C17H21N3O4. The molecule has 0 saturated carbocycles. The van der Waals surface area contributed by atoms with Gasteiger partial charge < -0.3 is 14.5 Å². The SMILES string of the molecule is O=C(c1cc(N2CC3CCC(C2)O3)ccc1[N+](=O)[O-])N1CCCC1. The van der Waals surface area contributed by atoms with Crippen molar-refractivity contribution in [2.75, 3.05) is 31.1 Å². The lowest BCUT2D eigenvalue weighted by Crippen LogP contribution is -2.42. The van der Waals surface area contributed by atoms with Gasteiger partial charge in [0.1, 0.15) is 5.56 Å². The number of nitrogens with zero attached hydrogens (tertiary/aromatic N) is 3. The van der Waals surface area contributed by atoms with E-state index in [2.05, 4.69) is 4.90 Å². The summed E-state index contributed by atoms with van der Waals surface area (Å²) in [7, 11) is 0. The summed E-state index contributed by atoms with van der Waals surface area (Å²) < 4.78 is 5.84. The molecule has 0 N–H and O–H groups in total. The van der Waals surface area contributed by atoms with Crippen LogP contribution in [0.15, 0.2) is 18.2 Å². The van der Waals surface area contributed by atoms with Gasteiger partial charge in [0, 0.05) is 37.9 Å². The molecule has 1 amide bonds. The van der Waals surface area contributed by atoms with Gasteiger partial charge in [-0.25, -0.2) is 0 Å². The van der Waals surface area contributed by atoms with Gasteiger partial charge in [-0.1, -0.05) is 0 Å². The smallest absolute Gasteiger partial charge is 0.282 e. The number of benzene rings is 1. The molecule has 3 aliphatic rings. The van der Waals surface area contributed by atoms with Crippen molar-refractivity contribution in [2.45, 2.75) is 37.9 Å². The van der Waals surface area contributed by atoms with Gasteiger partial charge >= 0.3 is 0 Å². The summed E-state index contributed by atoms with van der Waals surface area (Å²) in [6.07, 6.45) is 4.52. The van der Waals surface area contributed by atoms with Crippen LogP contribution >= 0.6 is 0 Å². The highest BCUT2D eigenvalue weighted by Crippen LogP contribution is 2.32. The summed E-state index contributed by atoms with van der Waals surface area (Å²) in [4.78, 5) is 27.5. The lowest BCUT2D eigenvalue weighted by molar-refractivity contribution is -0.385. The molecule has 3 fully saturated rings. The highest BCUT2D eigenvalue weighted by atomic mass is 16.6. The average molecular weight is 331 g/mol. The third kappa shape index (κ3) is 2.73. The Morgan fingerprint density at radius 1 is 1.17 bits per heavy atom. The standard InChI is InChI=1S/C17H21N3O4/c21-17(18-7-1-2-8-18)15-9-12(3-6-16(15)20(22)23)19-10-13-4-5-14(11-19)24-13/h3,6,9,13-14H,1-2,4-5,7-8,10-11H2. The number of carbonyl (C=O) groups is 1. The first kappa shape index (κ1) is 15.4. The molecule has 0 aliphatic carbocycles. The van der Waals surface area contributed by atoms with E-state index in [1.54, 1.807) is 17.0 Å². The molecule has 3 aliphatic heterocycles. The summed E-state index contributed by atoms with van der Waals surface area (Å²) in [5.74, 6) is -0.225. The zero-order valence-corrected chi connectivity index (χ0v) is 13.5. The normalized spacial score (nSPS) is 26.0. The van der Waals surface area contributed by atoms with Crippen molar-refractivity contribution in [2.24, 2.45) is 0 Å². The Kier molecular flexibility index (Phi) is 3.88. The second kappa shape index (κ2) is 6.05. The van der Waals surface area contributed by atoms with E-state index in [-0.39, 0.29) is 29.4 Å². The molecule has 0 aromatic heterocycles. The van der Waals surface area contributed by atoms with E-state index in [0.717, 1.165) is 44.5 Å². The molecule has 3 saturated heterocycles. The lowest BCUT2D eigenvalue weighted by Gasteiger charge is -2.34. The molecule has 2 bridgehead atoms. The Morgan fingerprint density at radius 2 is 1.83 bits per heavy atom. The van der Waals surface area contributed by atoms with Crippen LogP contribution in [0.2, 0.25) is 0 Å². The summed E-state index contributed by atoms with van der Waals surface area (Å²) in [5, 5.41) is 11.3. The van der Waals surface area contributed by atoms with Crippen LogP contribution in [0, 0.1) is 10.1 Å². The van der Waals surface area contributed by atoms with E-state index < -0.39 is 4.92 Å². The van der Waals surface area contributed by atoms with Crippen molar-refractivity contribution in [1.82, 2.24) is 4.90 Å². The van der Waals surface area contributed by atoms with E-state index in [4.69, 9.17) is 4.74 Å². The van der Waals surface area contributed by atoms with E-state index in [9.17, 15) is 14.9 Å². The maximum atomic E-state index is 12.7. The molecule has 128 valence electrons. The average Bonchev–Trinajstić information content (AvgIpc) is 3.23. The monoisotopic (exact) mass is 331 g/mol. The fourth-order valence-corrected chi connectivity index (χ4v) is 3.97. The van der Waals surface area contributed by atoms with Gasteiger partial charge in [0.05, 0.1) is 17.1 Å². The van der Waals surface area contributed by atoms with Crippen LogP contribution in [0.4, 0.5) is 11.4 Å². The first-order chi connectivity index (χ1) is 11.6. The minimum absolute atomic E-state index is 0.105. The number of carbonyl (C=O) groups excluding carboxylic acids is 1. The van der Waals surface area contributed by atoms with Crippen molar-refractivity contribution >= 4 is 17.3 Å². The number of hydrogen-bond donors (Lipinski definition) is 0. The molecular weight excluding hydrogens is 310 g/mol. The maximum absolute atomic E-state index is 12.7. The van der Waals surface area contributed by atoms with E-state index in [0.29, 0.717) is 13.1 Å². The van der Waals surface area contributed by atoms with Gasteiger partial charge in [0.2, 0.25) is 0 Å². The lowest BCUT2D eigenvalue weighted by atomic mass is 10.1. The summed E-state index contributed by atoms with van der Waals surface area (Å²) in [5.41, 5.74) is 0.980. The number of ether oxygens (including phenoxy) is 1. The van der Waals surface area contributed by atoms with Crippen LogP contribution in [-0.2, 0) is 4.74 Å². The van der Waals surface area contributed by atoms with Crippen molar-refractivity contribution in [1.29, 1.82) is 0 Å². The van der Waals surface area contributed by atoms with Crippen molar-refractivity contribution in [3.63, 3.8) is 0 Å². The van der Waals surface area contributed by atoms with Crippen molar-refractivity contribution < 1.29 is 14.5 Å². The highest BCUT2D eigenvalue weighted by molar-refractivity contribution is 5.99. The largest absolute Gasteiger partial charge is 0.371 e.